The summed E-state index contributed by atoms with van der Waals surface area (Å²) < 4.78 is 5.59. The standard InChI is InChI=1S/C26H32N2O3/c1-16(2)31-13-7-12-28-25(29)23(21-11-9-17(3)14-20(21)6)24(26(28)30)27-22-15-18(4)8-10-19(22)5/h8-11,14-16,27H,7,12-13H2,1-6H3. The maximum Gasteiger partial charge on any atom is 0.278 e. The number of hydrogen-bond donors (Lipinski definition) is 1. The molecule has 0 spiro atoms. The highest BCUT2D eigenvalue weighted by atomic mass is 16.5. The van der Waals surface area contributed by atoms with E-state index >= 15 is 0 Å². The molecule has 2 aromatic rings. The Morgan fingerprint density at radius 1 is 0.903 bits per heavy atom. The van der Waals surface area contributed by atoms with Crippen molar-refractivity contribution in [3.63, 3.8) is 0 Å². The lowest BCUT2D eigenvalue weighted by atomic mass is 9.97. The van der Waals surface area contributed by atoms with Gasteiger partial charge >= 0.3 is 0 Å². The fraction of sp³-hybridized carbons (Fsp3) is 0.385. The van der Waals surface area contributed by atoms with Crippen LogP contribution in [-0.4, -0.2) is 36.0 Å². The topological polar surface area (TPSA) is 58.6 Å². The van der Waals surface area contributed by atoms with Crippen molar-refractivity contribution in [2.75, 3.05) is 18.5 Å². The molecule has 0 atom stereocenters. The van der Waals surface area contributed by atoms with E-state index in [4.69, 9.17) is 4.74 Å². The van der Waals surface area contributed by atoms with E-state index in [1.807, 2.05) is 77.9 Å². The minimum Gasteiger partial charge on any atom is -0.379 e. The molecule has 1 heterocycles. The Bertz CT molecular complexity index is 1040. The Hall–Kier alpha value is -2.92. The zero-order chi connectivity index (χ0) is 22.7. The highest BCUT2D eigenvalue weighted by Gasteiger charge is 2.39. The van der Waals surface area contributed by atoms with Crippen LogP contribution >= 0.6 is 0 Å². The molecule has 5 nitrogen and oxygen atoms in total. The van der Waals surface area contributed by atoms with Crippen LogP contribution in [0.4, 0.5) is 5.69 Å². The molecule has 1 N–H and O–H groups in total. The lowest BCUT2D eigenvalue weighted by Gasteiger charge is -2.16. The minimum atomic E-state index is -0.287. The van der Waals surface area contributed by atoms with E-state index in [0.717, 1.165) is 33.5 Å². The van der Waals surface area contributed by atoms with Gasteiger partial charge in [0.1, 0.15) is 5.70 Å². The molecule has 0 radical (unpaired) electrons. The maximum absolute atomic E-state index is 13.4. The van der Waals surface area contributed by atoms with Crippen LogP contribution in [0, 0.1) is 27.7 Å². The number of carbonyl (C=O) groups excluding carboxylic acids is 2. The minimum absolute atomic E-state index is 0.121. The maximum atomic E-state index is 13.4. The lowest BCUT2D eigenvalue weighted by molar-refractivity contribution is -0.137. The third-order valence-electron chi connectivity index (χ3n) is 5.45. The average molecular weight is 421 g/mol. The number of carbonyl (C=O) groups is 2. The van der Waals surface area contributed by atoms with Crippen LogP contribution in [0.15, 0.2) is 42.1 Å². The first-order valence-corrected chi connectivity index (χ1v) is 10.8. The van der Waals surface area contributed by atoms with Gasteiger partial charge in [-0.25, -0.2) is 0 Å². The summed E-state index contributed by atoms with van der Waals surface area (Å²) in [6, 6.07) is 12.0. The number of rotatable bonds is 8. The number of aryl methyl sites for hydroxylation is 4. The second-order valence-electron chi connectivity index (χ2n) is 8.55. The molecule has 1 aliphatic rings. The third-order valence-corrected chi connectivity index (χ3v) is 5.45. The highest BCUT2D eigenvalue weighted by molar-refractivity contribution is 6.36. The molecule has 31 heavy (non-hydrogen) atoms. The second-order valence-corrected chi connectivity index (χ2v) is 8.55. The normalized spacial score (nSPS) is 14.2. The quantitative estimate of drug-likeness (QED) is 0.486. The molecule has 0 unspecified atom stereocenters. The number of imide groups is 1. The van der Waals surface area contributed by atoms with Gasteiger partial charge in [0.05, 0.1) is 11.7 Å². The summed E-state index contributed by atoms with van der Waals surface area (Å²) in [5.41, 5.74) is 6.60. The van der Waals surface area contributed by atoms with Gasteiger partial charge in [-0.15, -0.1) is 0 Å². The number of anilines is 1. The van der Waals surface area contributed by atoms with Crippen molar-refractivity contribution < 1.29 is 14.3 Å². The Balaban J connectivity index is 1.99. The average Bonchev–Trinajstić information content (AvgIpc) is 2.92. The second kappa shape index (κ2) is 9.48. The SMILES string of the molecule is Cc1ccc(C2=C(Nc3cc(C)ccc3C)C(=O)N(CCCOC(C)C)C2=O)c(C)c1. The Labute approximate surface area is 185 Å². The predicted molar refractivity (Wildman–Crippen MR) is 125 cm³/mol. The van der Waals surface area contributed by atoms with Gasteiger partial charge in [-0.2, -0.15) is 0 Å². The molecule has 1 aliphatic heterocycles. The van der Waals surface area contributed by atoms with Gasteiger partial charge in [0.15, 0.2) is 0 Å². The third kappa shape index (κ3) is 5.05. The van der Waals surface area contributed by atoms with Crippen molar-refractivity contribution in [2.24, 2.45) is 0 Å². The molecular formula is C26H32N2O3. The first-order valence-electron chi connectivity index (χ1n) is 10.8. The molecule has 0 bridgehead atoms. The van der Waals surface area contributed by atoms with Crippen molar-refractivity contribution in [1.82, 2.24) is 4.90 Å². The first-order chi connectivity index (χ1) is 14.7. The van der Waals surface area contributed by atoms with Crippen LogP contribution < -0.4 is 5.32 Å². The summed E-state index contributed by atoms with van der Waals surface area (Å²) in [5, 5.41) is 3.30. The van der Waals surface area contributed by atoms with Gasteiger partial charge in [0, 0.05) is 18.8 Å². The monoisotopic (exact) mass is 420 g/mol. The molecule has 164 valence electrons. The van der Waals surface area contributed by atoms with E-state index in [1.165, 1.54) is 4.90 Å². The Morgan fingerprint density at radius 2 is 1.58 bits per heavy atom. The molecule has 0 aliphatic carbocycles. The van der Waals surface area contributed by atoms with Crippen molar-refractivity contribution in [3.05, 3.63) is 69.9 Å². The van der Waals surface area contributed by atoms with Gasteiger partial charge in [-0.05, 0) is 76.3 Å². The Morgan fingerprint density at radius 3 is 2.26 bits per heavy atom. The van der Waals surface area contributed by atoms with Crippen molar-refractivity contribution >= 4 is 23.1 Å². The summed E-state index contributed by atoms with van der Waals surface area (Å²) >= 11 is 0. The van der Waals surface area contributed by atoms with Gasteiger partial charge < -0.3 is 10.1 Å². The van der Waals surface area contributed by atoms with Crippen LogP contribution in [0.25, 0.3) is 5.57 Å². The van der Waals surface area contributed by atoms with E-state index < -0.39 is 0 Å². The number of ether oxygens (including phenoxy) is 1. The van der Waals surface area contributed by atoms with Crippen LogP contribution in [-0.2, 0) is 14.3 Å². The molecule has 2 aromatic carbocycles. The Kier molecular flexibility index (Phi) is 6.96. The lowest BCUT2D eigenvalue weighted by Crippen LogP contribution is -2.34. The molecule has 0 fully saturated rings. The number of amides is 2. The summed E-state index contributed by atoms with van der Waals surface area (Å²) in [6.07, 6.45) is 0.724. The molecule has 0 saturated carbocycles. The number of hydrogen-bond acceptors (Lipinski definition) is 4. The first kappa shape index (κ1) is 22.8. The van der Waals surface area contributed by atoms with Gasteiger partial charge in [-0.3, -0.25) is 14.5 Å². The smallest absolute Gasteiger partial charge is 0.278 e. The summed E-state index contributed by atoms with van der Waals surface area (Å²) in [7, 11) is 0. The number of nitrogens with zero attached hydrogens (tertiary/aromatic N) is 1. The summed E-state index contributed by atoms with van der Waals surface area (Å²) in [6.45, 7) is 12.8. The fourth-order valence-corrected chi connectivity index (χ4v) is 3.79. The molecule has 0 aromatic heterocycles. The van der Waals surface area contributed by atoms with Crippen LogP contribution in [0.2, 0.25) is 0 Å². The van der Waals surface area contributed by atoms with Crippen LogP contribution in [0.3, 0.4) is 0 Å². The summed E-state index contributed by atoms with van der Waals surface area (Å²) in [5.74, 6) is -0.542. The van der Waals surface area contributed by atoms with Gasteiger partial charge in [0.2, 0.25) is 0 Å². The molecule has 2 amide bonds. The number of nitrogens with one attached hydrogen (secondary N) is 1. The van der Waals surface area contributed by atoms with Crippen molar-refractivity contribution in [3.8, 4) is 0 Å². The van der Waals surface area contributed by atoms with Crippen molar-refractivity contribution in [2.45, 2.75) is 54.1 Å². The predicted octanol–water partition coefficient (Wildman–Crippen LogP) is 4.93. The molecular weight excluding hydrogens is 388 g/mol. The van der Waals surface area contributed by atoms with E-state index in [0.29, 0.717) is 30.8 Å². The number of benzene rings is 2. The van der Waals surface area contributed by atoms with Crippen LogP contribution in [0.1, 0.15) is 48.1 Å². The van der Waals surface area contributed by atoms with Crippen molar-refractivity contribution in [1.29, 1.82) is 0 Å². The van der Waals surface area contributed by atoms with E-state index in [9.17, 15) is 9.59 Å². The van der Waals surface area contributed by atoms with E-state index in [1.54, 1.807) is 0 Å². The van der Waals surface area contributed by atoms with Gasteiger partial charge in [0.25, 0.3) is 11.8 Å². The molecule has 0 saturated heterocycles. The zero-order valence-electron chi connectivity index (χ0n) is 19.3. The molecule has 3 rings (SSSR count). The van der Waals surface area contributed by atoms with Gasteiger partial charge in [-0.1, -0.05) is 35.9 Å². The zero-order valence-corrected chi connectivity index (χ0v) is 19.3. The van der Waals surface area contributed by atoms with Crippen LogP contribution in [0.5, 0.6) is 0 Å². The fourth-order valence-electron chi connectivity index (χ4n) is 3.79. The van der Waals surface area contributed by atoms with E-state index in [2.05, 4.69) is 5.32 Å². The highest BCUT2D eigenvalue weighted by Crippen LogP contribution is 2.33. The largest absolute Gasteiger partial charge is 0.379 e. The molecule has 5 heteroatoms. The van der Waals surface area contributed by atoms with E-state index in [-0.39, 0.29) is 17.9 Å². The summed E-state index contributed by atoms with van der Waals surface area (Å²) in [4.78, 5) is 28.1.